The topological polar surface area (TPSA) is 93.1 Å². The van der Waals surface area contributed by atoms with E-state index in [-0.39, 0.29) is 23.7 Å². The zero-order valence-electron chi connectivity index (χ0n) is 14.4. The van der Waals surface area contributed by atoms with Crippen LogP contribution in [-0.2, 0) is 17.8 Å². The highest BCUT2D eigenvalue weighted by Crippen LogP contribution is 2.14. The molecule has 25 heavy (non-hydrogen) atoms. The molecule has 1 aromatic carbocycles. The summed E-state index contributed by atoms with van der Waals surface area (Å²) < 4.78 is 1.24. The second-order valence-electron chi connectivity index (χ2n) is 5.52. The maximum absolute atomic E-state index is 12.1. The van der Waals surface area contributed by atoms with Crippen LogP contribution in [0.15, 0.2) is 41.2 Å². The van der Waals surface area contributed by atoms with E-state index in [1.165, 1.54) is 16.8 Å². The van der Waals surface area contributed by atoms with Gasteiger partial charge in [-0.25, -0.2) is 4.68 Å². The Kier molecular flexibility index (Phi) is 6.45. The lowest BCUT2D eigenvalue weighted by Crippen LogP contribution is -2.35. The first-order chi connectivity index (χ1) is 12.0. The van der Waals surface area contributed by atoms with Gasteiger partial charge in [0.2, 0.25) is 5.91 Å². The molecule has 7 nitrogen and oxygen atoms in total. The zero-order valence-corrected chi connectivity index (χ0v) is 14.4. The Hall–Kier alpha value is -2.96. The summed E-state index contributed by atoms with van der Waals surface area (Å²) in [5.74, 6) is -0.820. The van der Waals surface area contributed by atoms with Gasteiger partial charge in [0.1, 0.15) is 5.69 Å². The van der Waals surface area contributed by atoms with Crippen molar-refractivity contribution in [3.05, 3.63) is 58.0 Å². The Morgan fingerprint density at radius 3 is 2.60 bits per heavy atom. The highest BCUT2D eigenvalue weighted by Gasteiger charge is 2.12. The van der Waals surface area contributed by atoms with E-state index in [4.69, 9.17) is 0 Å². The van der Waals surface area contributed by atoms with E-state index in [0.717, 1.165) is 24.1 Å². The largest absolute Gasteiger partial charge is 0.342 e. The number of para-hydroxylation sites is 1. The lowest BCUT2D eigenvalue weighted by Gasteiger charge is -2.10. The van der Waals surface area contributed by atoms with Crippen LogP contribution in [0.2, 0.25) is 0 Å². The number of hydrogen-bond donors (Lipinski definition) is 2. The van der Waals surface area contributed by atoms with Crippen molar-refractivity contribution in [3.63, 3.8) is 0 Å². The van der Waals surface area contributed by atoms with E-state index in [1.807, 2.05) is 38.1 Å². The van der Waals surface area contributed by atoms with E-state index in [9.17, 15) is 14.4 Å². The van der Waals surface area contributed by atoms with Crippen LogP contribution in [0.1, 0.15) is 36.3 Å². The van der Waals surface area contributed by atoms with Crippen molar-refractivity contribution >= 4 is 17.5 Å². The number of anilines is 1. The highest BCUT2D eigenvalue weighted by molar-refractivity contribution is 5.98. The molecule has 0 atom stereocenters. The van der Waals surface area contributed by atoms with E-state index < -0.39 is 5.91 Å². The molecule has 1 aromatic heterocycles. The number of aromatic nitrogens is 2. The SMILES string of the molecule is CCCn1nc(C(=O)NCC(=O)Nc2ccccc2CC)ccc1=O. The van der Waals surface area contributed by atoms with Crippen molar-refractivity contribution in [2.45, 2.75) is 33.2 Å². The van der Waals surface area contributed by atoms with Crippen LogP contribution in [0.25, 0.3) is 0 Å². The molecule has 0 saturated heterocycles. The van der Waals surface area contributed by atoms with Gasteiger partial charge < -0.3 is 10.6 Å². The second-order valence-corrected chi connectivity index (χ2v) is 5.52. The van der Waals surface area contributed by atoms with Crippen LogP contribution < -0.4 is 16.2 Å². The lowest BCUT2D eigenvalue weighted by molar-refractivity contribution is -0.115. The zero-order chi connectivity index (χ0) is 18.2. The molecule has 0 aliphatic carbocycles. The van der Waals surface area contributed by atoms with Crippen molar-refractivity contribution in [1.29, 1.82) is 0 Å². The monoisotopic (exact) mass is 342 g/mol. The molecule has 0 aliphatic rings. The minimum atomic E-state index is -0.497. The molecule has 0 fully saturated rings. The molecule has 2 rings (SSSR count). The number of hydrogen-bond acceptors (Lipinski definition) is 4. The second kappa shape index (κ2) is 8.77. The molecule has 2 amide bonds. The highest BCUT2D eigenvalue weighted by atomic mass is 16.2. The molecular weight excluding hydrogens is 320 g/mol. The summed E-state index contributed by atoms with van der Waals surface area (Å²) in [5.41, 5.74) is 1.61. The fourth-order valence-corrected chi connectivity index (χ4v) is 2.34. The summed E-state index contributed by atoms with van der Waals surface area (Å²) in [6, 6.07) is 10.2. The predicted molar refractivity (Wildman–Crippen MR) is 95.6 cm³/mol. The van der Waals surface area contributed by atoms with Crippen molar-refractivity contribution in [2.24, 2.45) is 0 Å². The summed E-state index contributed by atoms with van der Waals surface area (Å²) in [5, 5.41) is 9.31. The first kappa shape index (κ1) is 18.4. The maximum atomic E-state index is 12.1. The molecule has 0 unspecified atom stereocenters. The quantitative estimate of drug-likeness (QED) is 0.799. The fraction of sp³-hybridized carbons (Fsp3) is 0.333. The Morgan fingerprint density at radius 2 is 1.88 bits per heavy atom. The molecule has 0 aliphatic heterocycles. The molecule has 2 N–H and O–H groups in total. The van der Waals surface area contributed by atoms with Crippen LogP contribution in [0.4, 0.5) is 5.69 Å². The van der Waals surface area contributed by atoms with Gasteiger partial charge in [0.05, 0.1) is 6.54 Å². The van der Waals surface area contributed by atoms with Crippen LogP contribution in [0, 0.1) is 0 Å². The predicted octanol–water partition coefficient (Wildman–Crippen LogP) is 1.58. The van der Waals surface area contributed by atoms with Crippen LogP contribution in [0.3, 0.4) is 0 Å². The van der Waals surface area contributed by atoms with Gasteiger partial charge in [-0.05, 0) is 30.5 Å². The molecule has 132 valence electrons. The number of rotatable bonds is 7. The summed E-state index contributed by atoms with van der Waals surface area (Å²) in [4.78, 5) is 35.8. The third kappa shape index (κ3) is 5.00. The average molecular weight is 342 g/mol. The molecule has 0 radical (unpaired) electrons. The average Bonchev–Trinajstić information content (AvgIpc) is 2.62. The van der Waals surface area contributed by atoms with Gasteiger partial charge in [-0.1, -0.05) is 32.0 Å². The number of carbonyl (C=O) groups is 2. The molecule has 2 aromatic rings. The van der Waals surface area contributed by atoms with Crippen molar-refractivity contribution < 1.29 is 9.59 Å². The van der Waals surface area contributed by atoms with Gasteiger partial charge in [-0.2, -0.15) is 5.10 Å². The lowest BCUT2D eigenvalue weighted by atomic mass is 10.1. The smallest absolute Gasteiger partial charge is 0.272 e. The number of carbonyl (C=O) groups excluding carboxylic acids is 2. The van der Waals surface area contributed by atoms with Gasteiger partial charge in [-0.15, -0.1) is 0 Å². The Morgan fingerprint density at radius 1 is 1.12 bits per heavy atom. The minimum absolute atomic E-state index is 0.106. The summed E-state index contributed by atoms with van der Waals surface area (Å²) >= 11 is 0. The standard InChI is InChI=1S/C18H22N4O3/c1-3-11-22-17(24)10-9-15(21-22)18(25)19-12-16(23)20-14-8-6-5-7-13(14)4-2/h5-10H,3-4,11-12H2,1-2H3,(H,19,25)(H,20,23). The molecule has 0 bridgehead atoms. The van der Waals surface area contributed by atoms with E-state index in [2.05, 4.69) is 15.7 Å². The van der Waals surface area contributed by atoms with Crippen LogP contribution >= 0.6 is 0 Å². The Bertz CT molecular complexity index is 814. The number of nitrogens with one attached hydrogen (secondary N) is 2. The molecule has 1 heterocycles. The minimum Gasteiger partial charge on any atom is -0.342 e. The van der Waals surface area contributed by atoms with Crippen molar-refractivity contribution in [3.8, 4) is 0 Å². The third-order valence-electron chi connectivity index (χ3n) is 3.62. The molecule has 7 heteroatoms. The normalized spacial score (nSPS) is 10.3. The molecule has 0 saturated carbocycles. The van der Waals surface area contributed by atoms with Gasteiger partial charge in [0.15, 0.2) is 0 Å². The molecule has 0 spiro atoms. The number of nitrogens with zero attached hydrogens (tertiary/aromatic N) is 2. The van der Waals surface area contributed by atoms with Crippen molar-refractivity contribution in [1.82, 2.24) is 15.1 Å². The number of amides is 2. The number of aryl methyl sites for hydroxylation is 2. The van der Waals surface area contributed by atoms with E-state index >= 15 is 0 Å². The van der Waals surface area contributed by atoms with Gasteiger partial charge in [0.25, 0.3) is 11.5 Å². The van der Waals surface area contributed by atoms with Crippen LogP contribution in [0.5, 0.6) is 0 Å². The molecular formula is C18H22N4O3. The fourth-order valence-electron chi connectivity index (χ4n) is 2.34. The number of benzene rings is 1. The Labute approximate surface area is 146 Å². The first-order valence-corrected chi connectivity index (χ1v) is 8.29. The van der Waals surface area contributed by atoms with Gasteiger partial charge >= 0.3 is 0 Å². The van der Waals surface area contributed by atoms with E-state index in [0.29, 0.717) is 6.54 Å². The van der Waals surface area contributed by atoms with Gasteiger partial charge in [0, 0.05) is 18.3 Å². The van der Waals surface area contributed by atoms with Gasteiger partial charge in [-0.3, -0.25) is 14.4 Å². The first-order valence-electron chi connectivity index (χ1n) is 8.29. The third-order valence-corrected chi connectivity index (χ3v) is 3.62. The summed E-state index contributed by atoms with van der Waals surface area (Å²) in [6.45, 7) is 4.18. The van der Waals surface area contributed by atoms with E-state index in [1.54, 1.807) is 0 Å². The van der Waals surface area contributed by atoms with Crippen LogP contribution in [-0.4, -0.2) is 28.1 Å². The summed E-state index contributed by atoms with van der Waals surface area (Å²) in [7, 11) is 0. The summed E-state index contributed by atoms with van der Waals surface area (Å²) in [6.07, 6.45) is 1.53. The van der Waals surface area contributed by atoms with Crippen molar-refractivity contribution in [2.75, 3.05) is 11.9 Å². The Balaban J connectivity index is 1.96. The maximum Gasteiger partial charge on any atom is 0.272 e.